The molecule has 0 fully saturated rings. The molecule has 0 unspecified atom stereocenters. The van der Waals surface area contributed by atoms with E-state index in [1.807, 2.05) is 39.0 Å². The molecule has 1 heterocycles. The third-order valence-electron chi connectivity index (χ3n) is 3.59. The van der Waals surface area contributed by atoms with Crippen LogP contribution in [-0.4, -0.2) is 40.6 Å². The summed E-state index contributed by atoms with van der Waals surface area (Å²) in [7, 11) is 0. The van der Waals surface area contributed by atoms with Crippen LogP contribution in [0.4, 0.5) is 0 Å². The first-order chi connectivity index (χ1) is 9.08. The monoisotopic (exact) mass is 260 g/mol. The Bertz CT molecular complexity index is 601. The van der Waals surface area contributed by atoms with E-state index in [9.17, 15) is 4.79 Å². The molecule has 1 aromatic heterocycles. The zero-order valence-electron chi connectivity index (χ0n) is 11.7. The Kier molecular flexibility index (Phi) is 3.90. The molecule has 2 aromatic rings. The molecule has 19 heavy (non-hydrogen) atoms. The highest BCUT2D eigenvalue weighted by Crippen LogP contribution is 2.22. The number of aliphatic hydroxyl groups excluding tert-OH is 1. The van der Waals surface area contributed by atoms with Gasteiger partial charge in [0.25, 0.3) is 5.91 Å². The van der Waals surface area contributed by atoms with Crippen LogP contribution < -0.4 is 0 Å². The van der Waals surface area contributed by atoms with Crippen LogP contribution in [0.1, 0.15) is 28.5 Å². The molecule has 0 aliphatic heterocycles. The third kappa shape index (κ3) is 2.49. The summed E-state index contributed by atoms with van der Waals surface area (Å²) in [6, 6.07) is 5.70. The summed E-state index contributed by atoms with van der Waals surface area (Å²) in [6.07, 6.45) is 0. The fraction of sp³-hybridized carbons (Fsp3) is 0.400. The Morgan fingerprint density at radius 2 is 2.11 bits per heavy atom. The van der Waals surface area contributed by atoms with Gasteiger partial charge in [-0.05, 0) is 44.5 Å². The summed E-state index contributed by atoms with van der Waals surface area (Å²) in [5.74, 6) is -0.0308. The van der Waals surface area contributed by atoms with Crippen LogP contribution in [0, 0.1) is 13.8 Å². The normalized spacial score (nSPS) is 10.9. The van der Waals surface area contributed by atoms with E-state index in [0.717, 1.165) is 16.6 Å². The Morgan fingerprint density at radius 1 is 1.37 bits per heavy atom. The molecule has 4 nitrogen and oxygen atoms in total. The summed E-state index contributed by atoms with van der Waals surface area (Å²) >= 11 is 0. The van der Waals surface area contributed by atoms with Gasteiger partial charge in [-0.1, -0.05) is 0 Å². The topological polar surface area (TPSA) is 56.3 Å². The number of amides is 1. The van der Waals surface area contributed by atoms with Gasteiger partial charge in [-0.25, -0.2) is 0 Å². The lowest BCUT2D eigenvalue weighted by molar-refractivity contribution is 0.0732. The Labute approximate surface area is 113 Å². The number of H-pyrrole nitrogens is 1. The lowest BCUT2D eigenvalue weighted by Gasteiger charge is -2.19. The molecule has 1 aromatic carbocycles. The Balaban J connectivity index is 2.39. The second kappa shape index (κ2) is 5.45. The number of carbonyl (C=O) groups excluding carboxylic acids is 1. The van der Waals surface area contributed by atoms with Crippen molar-refractivity contribution in [3.05, 3.63) is 35.0 Å². The van der Waals surface area contributed by atoms with Gasteiger partial charge in [0.15, 0.2) is 0 Å². The van der Waals surface area contributed by atoms with Crippen molar-refractivity contribution in [2.75, 3.05) is 19.7 Å². The molecule has 0 saturated heterocycles. The van der Waals surface area contributed by atoms with Crippen LogP contribution in [0.25, 0.3) is 10.9 Å². The van der Waals surface area contributed by atoms with Gasteiger partial charge in [0, 0.05) is 35.2 Å². The highest BCUT2D eigenvalue weighted by atomic mass is 16.3. The van der Waals surface area contributed by atoms with Gasteiger partial charge in [0.1, 0.15) is 0 Å². The molecule has 0 atom stereocenters. The number of fused-ring (bicyclic) bond motifs is 1. The maximum Gasteiger partial charge on any atom is 0.253 e. The van der Waals surface area contributed by atoms with Crippen LogP contribution >= 0.6 is 0 Å². The van der Waals surface area contributed by atoms with Crippen molar-refractivity contribution < 1.29 is 9.90 Å². The number of hydrogen-bond acceptors (Lipinski definition) is 2. The minimum Gasteiger partial charge on any atom is -0.395 e. The van der Waals surface area contributed by atoms with Crippen molar-refractivity contribution in [3.8, 4) is 0 Å². The van der Waals surface area contributed by atoms with Crippen LogP contribution in [-0.2, 0) is 0 Å². The second-order valence-corrected chi connectivity index (χ2v) is 4.74. The average Bonchev–Trinajstić information content (AvgIpc) is 2.70. The van der Waals surface area contributed by atoms with E-state index in [-0.39, 0.29) is 12.5 Å². The Hall–Kier alpha value is -1.81. The van der Waals surface area contributed by atoms with E-state index in [1.54, 1.807) is 4.90 Å². The first-order valence-electron chi connectivity index (χ1n) is 6.57. The average molecular weight is 260 g/mol. The molecule has 2 N–H and O–H groups in total. The van der Waals surface area contributed by atoms with Crippen molar-refractivity contribution >= 4 is 16.8 Å². The minimum absolute atomic E-state index is 0.00981. The molecule has 4 heteroatoms. The Morgan fingerprint density at radius 3 is 2.74 bits per heavy atom. The highest BCUT2D eigenvalue weighted by Gasteiger charge is 2.15. The summed E-state index contributed by atoms with van der Waals surface area (Å²) in [5, 5.41) is 10.1. The minimum atomic E-state index is -0.0308. The standard InChI is InChI=1S/C15H20N2O2/c1-4-17(7-8-18)15(19)12-5-6-14-13(9-12)10(2)11(3)16-14/h5-6,9,16,18H,4,7-8H2,1-3H3. The number of rotatable bonds is 4. The van der Waals surface area contributed by atoms with Crippen molar-refractivity contribution in [1.82, 2.24) is 9.88 Å². The van der Waals surface area contributed by atoms with E-state index >= 15 is 0 Å². The van der Waals surface area contributed by atoms with Gasteiger partial charge in [-0.3, -0.25) is 4.79 Å². The highest BCUT2D eigenvalue weighted by molar-refractivity contribution is 5.99. The fourth-order valence-electron chi connectivity index (χ4n) is 2.30. The summed E-state index contributed by atoms with van der Waals surface area (Å²) in [5.41, 5.74) is 4.03. The fourth-order valence-corrected chi connectivity index (χ4v) is 2.30. The van der Waals surface area contributed by atoms with Gasteiger partial charge in [0.2, 0.25) is 0 Å². The summed E-state index contributed by atoms with van der Waals surface area (Å²) in [6.45, 7) is 6.96. The number of carbonyl (C=O) groups is 1. The maximum atomic E-state index is 12.3. The SMILES string of the molecule is CCN(CCO)C(=O)c1ccc2[nH]c(C)c(C)c2c1. The molecule has 2 rings (SSSR count). The number of aryl methyl sites for hydroxylation is 2. The predicted molar refractivity (Wildman–Crippen MR) is 76.4 cm³/mol. The molecule has 0 saturated carbocycles. The molecular weight excluding hydrogens is 240 g/mol. The van der Waals surface area contributed by atoms with Crippen molar-refractivity contribution in [2.45, 2.75) is 20.8 Å². The van der Waals surface area contributed by atoms with Crippen LogP contribution in [0.2, 0.25) is 0 Å². The number of aliphatic hydroxyl groups is 1. The van der Waals surface area contributed by atoms with Gasteiger partial charge in [0.05, 0.1) is 6.61 Å². The maximum absolute atomic E-state index is 12.3. The first-order valence-corrected chi connectivity index (χ1v) is 6.57. The zero-order valence-corrected chi connectivity index (χ0v) is 11.7. The number of nitrogens with zero attached hydrogens (tertiary/aromatic N) is 1. The van der Waals surface area contributed by atoms with E-state index in [0.29, 0.717) is 18.7 Å². The molecule has 1 amide bonds. The molecular formula is C15H20N2O2. The number of nitrogens with one attached hydrogen (secondary N) is 1. The molecule has 0 aliphatic rings. The number of likely N-dealkylation sites (N-methyl/N-ethyl adjacent to an activating group) is 1. The molecule has 0 bridgehead atoms. The third-order valence-corrected chi connectivity index (χ3v) is 3.59. The summed E-state index contributed by atoms with van der Waals surface area (Å²) in [4.78, 5) is 17.3. The molecule has 0 radical (unpaired) electrons. The largest absolute Gasteiger partial charge is 0.395 e. The van der Waals surface area contributed by atoms with Crippen LogP contribution in [0.15, 0.2) is 18.2 Å². The van der Waals surface area contributed by atoms with Crippen LogP contribution in [0.3, 0.4) is 0 Å². The predicted octanol–water partition coefficient (Wildman–Crippen LogP) is 2.24. The number of hydrogen-bond donors (Lipinski definition) is 2. The van der Waals surface area contributed by atoms with E-state index < -0.39 is 0 Å². The van der Waals surface area contributed by atoms with Crippen molar-refractivity contribution in [1.29, 1.82) is 0 Å². The van der Waals surface area contributed by atoms with Gasteiger partial charge in [-0.2, -0.15) is 0 Å². The van der Waals surface area contributed by atoms with Crippen molar-refractivity contribution in [2.24, 2.45) is 0 Å². The smallest absolute Gasteiger partial charge is 0.253 e. The van der Waals surface area contributed by atoms with E-state index in [2.05, 4.69) is 4.98 Å². The number of benzene rings is 1. The van der Waals surface area contributed by atoms with E-state index in [1.165, 1.54) is 5.56 Å². The number of aromatic amines is 1. The lowest BCUT2D eigenvalue weighted by atomic mass is 10.1. The zero-order chi connectivity index (χ0) is 14.0. The second-order valence-electron chi connectivity index (χ2n) is 4.74. The molecule has 0 spiro atoms. The van der Waals surface area contributed by atoms with Gasteiger partial charge >= 0.3 is 0 Å². The van der Waals surface area contributed by atoms with Gasteiger partial charge in [-0.15, -0.1) is 0 Å². The van der Waals surface area contributed by atoms with Crippen LogP contribution in [0.5, 0.6) is 0 Å². The lowest BCUT2D eigenvalue weighted by Crippen LogP contribution is -2.33. The molecule has 0 aliphatic carbocycles. The molecule has 102 valence electrons. The summed E-state index contributed by atoms with van der Waals surface area (Å²) < 4.78 is 0. The first kappa shape index (κ1) is 13.6. The van der Waals surface area contributed by atoms with E-state index in [4.69, 9.17) is 5.11 Å². The quantitative estimate of drug-likeness (QED) is 0.885. The van der Waals surface area contributed by atoms with Gasteiger partial charge < -0.3 is 15.0 Å². The van der Waals surface area contributed by atoms with Crippen molar-refractivity contribution in [3.63, 3.8) is 0 Å². The number of aromatic nitrogens is 1.